The molecule has 0 unspecified atom stereocenters. The second-order valence-corrected chi connectivity index (χ2v) is 5.96. The molecule has 0 bridgehead atoms. The van der Waals surface area contributed by atoms with Crippen LogP contribution in [0.5, 0.6) is 0 Å². The van der Waals surface area contributed by atoms with Gasteiger partial charge in [-0.05, 0) is 19.9 Å². The van der Waals surface area contributed by atoms with Gasteiger partial charge in [-0.2, -0.15) is 5.10 Å². The van der Waals surface area contributed by atoms with Crippen molar-refractivity contribution < 1.29 is 18.3 Å². The molecular formula is C11H13N5O4S. The van der Waals surface area contributed by atoms with Gasteiger partial charge in [-0.15, -0.1) is 0 Å². The van der Waals surface area contributed by atoms with Crippen molar-refractivity contribution in [2.75, 3.05) is 0 Å². The number of aromatic amines is 1. The number of hydrogen-bond donors (Lipinski definition) is 3. The summed E-state index contributed by atoms with van der Waals surface area (Å²) in [4.78, 5) is 18.6. The van der Waals surface area contributed by atoms with Crippen LogP contribution >= 0.6 is 0 Å². The SMILES string of the molecule is Cc1nccc(CNS(=O)(=O)c2c(C(=O)O)n[nH]c2C)n1. The summed E-state index contributed by atoms with van der Waals surface area (Å²) in [6.07, 6.45) is 1.51. The largest absolute Gasteiger partial charge is 0.476 e. The van der Waals surface area contributed by atoms with E-state index in [1.165, 1.54) is 13.1 Å². The summed E-state index contributed by atoms with van der Waals surface area (Å²) in [5.74, 6) is -0.907. The number of nitrogens with one attached hydrogen (secondary N) is 2. The second kappa shape index (κ2) is 5.58. The molecule has 0 saturated carbocycles. The molecule has 2 aromatic heterocycles. The van der Waals surface area contributed by atoms with Gasteiger partial charge in [0.2, 0.25) is 10.0 Å². The monoisotopic (exact) mass is 311 g/mol. The Bertz CT molecular complexity index is 784. The minimum Gasteiger partial charge on any atom is -0.476 e. The Hall–Kier alpha value is -2.33. The molecule has 2 aromatic rings. The minimum absolute atomic E-state index is 0.0740. The fraction of sp³-hybridized carbons (Fsp3) is 0.273. The molecule has 0 aliphatic heterocycles. The zero-order chi connectivity index (χ0) is 15.6. The summed E-state index contributed by atoms with van der Waals surface area (Å²) in [5.41, 5.74) is 0.0849. The van der Waals surface area contributed by atoms with Crippen LogP contribution in [0.25, 0.3) is 0 Å². The lowest BCUT2D eigenvalue weighted by molar-refractivity contribution is 0.0686. The first-order chi connectivity index (χ1) is 9.81. The third-order valence-corrected chi connectivity index (χ3v) is 4.20. The molecule has 112 valence electrons. The molecule has 10 heteroatoms. The van der Waals surface area contributed by atoms with E-state index in [0.29, 0.717) is 11.5 Å². The summed E-state index contributed by atoms with van der Waals surface area (Å²) < 4.78 is 26.7. The maximum absolute atomic E-state index is 12.2. The van der Waals surface area contributed by atoms with Crippen LogP contribution in [-0.2, 0) is 16.6 Å². The highest BCUT2D eigenvalue weighted by atomic mass is 32.2. The van der Waals surface area contributed by atoms with E-state index in [1.807, 2.05) is 0 Å². The highest BCUT2D eigenvalue weighted by Gasteiger charge is 2.28. The number of hydrogen-bond acceptors (Lipinski definition) is 6. The Morgan fingerprint density at radius 3 is 2.76 bits per heavy atom. The van der Waals surface area contributed by atoms with Crippen molar-refractivity contribution in [3.63, 3.8) is 0 Å². The summed E-state index contributed by atoms with van der Waals surface area (Å²) in [6, 6.07) is 1.57. The van der Waals surface area contributed by atoms with Gasteiger partial charge in [-0.1, -0.05) is 0 Å². The van der Waals surface area contributed by atoms with Crippen LogP contribution < -0.4 is 4.72 Å². The lowest BCUT2D eigenvalue weighted by Gasteiger charge is -2.06. The highest BCUT2D eigenvalue weighted by molar-refractivity contribution is 7.89. The molecule has 3 N–H and O–H groups in total. The quantitative estimate of drug-likeness (QED) is 0.706. The van der Waals surface area contributed by atoms with Gasteiger partial charge in [0.15, 0.2) is 5.69 Å². The Morgan fingerprint density at radius 1 is 1.43 bits per heavy atom. The van der Waals surface area contributed by atoms with Crippen LogP contribution in [0.3, 0.4) is 0 Å². The van der Waals surface area contributed by atoms with E-state index in [2.05, 4.69) is 24.9 Å². The standard InChI is InChI=1S/C11H13N5O4S/c1-6-10(9(11(17)18)16-15-6)21(19,20)13-5-8-3-4-12-7(2)14-8/h3-4,13H,5H2,1-2H3,(H,15,16)(H,17,18). The van der Waals surface area contributed by atoms with Crippen molar-refractivity contribution in [3.05, 3.63) is 35.2 Å². The topological polar surface area (TPSA) is 138 Å². The number of carbonyl (C=O) groups is 1. The van der Waals surface area contributed by atoms with Gasteiger partial charge in [0.1, 0.15) is 10.7 Å². The molecule has 0 radical (unpaired) electrons. The molecule has 0 saturated heterocycles. The predicted molar refractivity (Wildman–Crippen MR) is 71.1 cm³/mol. The molecule has 0 aromatic carbocycles. The maximum atomic E-state index is 12.2. The highest BCUT2D eigenvalue weighted by Crippen LogP contribution is 2.17. The van der Waals surface area contributed by atoms with Crippen molar-refractivity contribution in [2.24, 2.45) is 0 Å². The van der Waals surface area contributed by atoms with Gasteiger partial charge in [-0.25, -0.2) is 27.9 Å². The summed E-state index contributed by atoms with van der Waals surface area (Å²) in [6.45, 7) is 3.04. The third kappa shape index (κ3) is 3.23. The van der Waals surface area contributed by atoms with Gasteiger partial charge in [0.05, 0.1) is 17.9 Å². The van der Waals surface area contributed by atoms with E-state index in [9.17, 15) is 13.2 Å². The van der Waals surface area contributed by atoms with Crippen molar-refractivity contribution in [1.82, 2.24) is 24.9 Å². The minimum atomic E-state index is -4.02. The molecule has 0 fully saturated rings. The zero-order valence-electron chi connectivity index (χ0n) is 11.3. The number of aryl methyl sites for hydroxylation is 2. The average molecular weight is 311 g/mol. The number of carboxylic acids is 1. The first-order valence-electron chi connectivity index (χ1n) is 5.87. The number of rotatable bonds is 5. The van der Waals surface area contributed by atoms with Crippen LogP contribution in [0.15, 0.2) is 17.2 Å². The first-order valence-corrected chi connectivity index (χ1v) is 7.36. The maximum Gasteiger partial charge on any atom is 0.357 e. The van der Waals surface area contributed by atoms with E-state index in [1.54, 1.807) is 13.0 Å². The number of sulfonamides is 1. The van der Waals surface area contributed by atoms with Crippen LogP contribution in [0.1, 0.15) is 27.7 Å². The fourth-order valence-electron chi connectivity index (χ4n) is 1.74. The van der Waals surface area contributed by atoms with Crippen molar-refractivity contribution >= 4 is 16.0 Å². The molecule has 9 nitrogen and oxygen atoms in total. The van der Waals surface area contributed by atoms with E-state index in [0.717, 1.165) is 0 Å². The molecule has 0 amide bonds. The molecule has 21 heavy (non-hydrogen) atoms. The van der Waals surface area contributed by atoms with Gasteiger partial charge in [0, 0.05) is 6.20 Å². The number of aromatic carboxylic acids is 1. The van der Waals surface area contributed by atoms with Crippen molar-refractivity contribution in [2.45, 2.75) is 25.3 Å². The van der Waals surface area contributed by atoms with Crippen molar-refractivity contribution in [3.8, 4) is 0 Å². The Kier molecular flexibility index (Phi) is 4.00. The number of carboxylic acid groups (broad SMARTS) is 1. The molecule has 0 aliphatic rings. The zero-order valence-corrected chi connectivity index (χ0v) is 12.1. The lowest BCUT2D eigenvalue weighted by atomic mass is 10.4. The Morgan fingerprint density at radius 2 is 2.14 bits per heavy atom. The smallest absolute Gasteiger partial charge is 0.357 e. The summed E-state index contributed by atoms with van der Waals surface area (Å²) in [5, 5.41) is 14.8. The molecule has 2 heterocycles. The summed E-state index contributed by atoms with van der Waals surface area (Å²) >= 11 is 0. The third-order valence-electron chi connectivity index (χ3n) is 2.64. The molecule has 0 spiro atoms. The Balaban J connectivity index is 2.27. The first kappa shape index (κ1) is 15.1. The lowest BCUT2D eigenvalue weighted by Crippen LogP contribution is -2.26. The molecule has 0 aliphatic carbocycles. The number of H-pyrrole nitrogens is 1. The Labute approximate surface area is 120 Å². The fourth-order valence-corrected chi connectivity index (χ4v) is 3.06. The summed E-state index contributed by atoms with van der Waals surface area (Å²) in [7, 11) is -4.02. The van der Waals surface area contributed by atoms with E-state index in [4.69, 9.17) is 5.11 Å². The van der Waals surface area contributed by atoms with Gasteiger partial charge in [-0.3, -0.25) is 5.10 Å². The average Bonchev–Trinajstić information content (AvgIpc) is 2.80. The van der Waals surface area contributed by atoms with Gasteiger partial charge >= 0.3 is 5.97 Å². The van der Waals surface area contributed by atoms with Crippen LogP contribution in [0.2, 0.25) is 0 Å². The molecular weight excluding hydrogens is 298 g/mol. The van der Waals surface area contributed by atoms with Crippen LogP contribution in [0.4, 0.5) is 0 Å². The van der Waals surface area contributed by atoms with Crippen molar-refractivity contribution in [1.29, 1.82) is 0 Å². The number of aromatic nitrogens is 4. The predicted octanol–water partition coefficient (Wildman–Crippen LogP) is -0.00676. The van der Waals surface area contributed by atoms with E-state index < -0.39 is 21.7 Å². The molecule has 0 atom stereocenters. The normalized spacial score (nSPS) is 11.5. The van der Waals surface area contributed by atoms with Crippen LogP contribution in [0, 0.1) is 13.8 Å². The number of nitrogens with zero attached hydrogens (tertiary/aromatic N) is 3. The van der Waals surface area contributed by atoms with Gasteiger partial charge in [0.25, 0.3) is 0 Å². The van der Waals surface area contributed by atoms with E-state index >= 15 is 0 Å². The second-order valence-electron chi connectivity index (χ2n) is 4.25. The molecule has 2 rings (SSSR count). The van der Waals surface area contributed by atoms with Crippen LogP contribution in [-0.4, -0.2) is 39.7 Å². The van der Waals surface area contributed by atoms with E-state index in [-0.39, 0.29) is 17.1 Å². The van der Waals surface area contributed by atoms with Gasteiger partial charge < -0.3 is 5.11 Å².